The van der Waals surface area contributed by atoms with Gasteiger partial charge in [0, 0.05) is 29.9 Å². The summed E-state index contributed by atoms with van der Waals surface area (Å²) in [6.07, 6.45) is 2.61. The van der Waals surface area contributed by atoms with E-state index >= 15 is 0 Å². The van der Waals surface area contributed by atoms with Crippen molar-refractivity contribution in [3.05, 3.63) is 70.0 Å². The topological polar surface area (TPSA) is 54.5 Å². The van der Waals surface area contributed by atoms with Gasteiger partial charge in [0.25, 0.3) is 5.91 Å². The number of hydrogen-bond donors (Lipinski definition) is 1. The summed E-state index contributed by atoms with van der Waals surface area (Å²) in [6.45, 7) is 3.99. The number of hydrogen-bond acceptors (Lipinski definition) is 5. The fraction of sp³-hybridized carbons (Fsp3) is 0.238. The van der Waals surface area contributed by atoms with E-state index in [1.807, 2.05) is 42.2 Å². The molecule has 0 unspecified atom stereocenters. The highest BCUT2D eigenvalue weighted by Crippen LogP contribution is 2.27. The van der Waals surface area contributed by atoms with Crippen molar-refractivity contribution in [1.29, 1.82) is 0 Å². The van der Waals surface area contributed by atoms with Crippen molar-refractivity contribution in [2.45, 2.75) is 19.9 Å². The molecule has 2 aromatic heterocycles. The first kappa shape index (κ1) is 17.5. The number of ether oxygens (including phenoxy) is 1. The minimum Gasteiger partial charge on any atom is -0.494 e. The second-order valence-electron chi connectivity index (χ2n) is 6.33. The van der Waals surface area contributed by atoms with E-state index in [0.717, 1.165) is 24.4 Å². The Labute approximate surface area is 162 Å². The van der Waals surface area contributed by atoms with Gasteiger partial charge in [-0.05, 0) is 66.8 Å². The van der Waals surface area contributed by atoms with Crippen LogP contribution < -0.4 is 10.1 Å². The summed E-state index contributed by atoms with van der Waals surface area (Å²) < 4.78 is 5.47. The summed E-state index contributed by atoms with van der Waals surface area (Å²) in [4.78, 5) is 20.8. The van der Waals surface area contributed by atoms with Crippen LogP contribution in [-0.2, 0) is 13.0 Å². The Balaban J connectivity index is 1.53. The third kappa shape index (κ3) is 3.80. The highest BCUT2D eigenvalue weighted by molar-refractivity contribution is 7.10. The van der Waals surface area contributed by atoms with Crippen LogP contribution in [0.25, 0.3) is 0 Å². The maximum absolute atomic E-state index is 13.1. The predicted octanol–water partition coefficient (Wildman–Crippen LogP) is 4.48. The third-order valence-corrected chi connectivity index (χ3v) is 5.58. The van der Waals surface area contributed by atoms with E-state index in [2.05, 4.69) is 21.7 Å². The number of pyridine rings is 1. The maximum atomic E-state index is 13.1. The predicted molar refractivity (Wildman–Crippen MR) is 108 cm³/mol. The van der Waals surface area contributed by atoms with Crippen LogP contribution in [0.3, 0.4) is 0 Å². The standard InChI is InChI=1S/C21H21N3O2S/c1-2-26-17-7-5-16(6-8-17)23-20-18(4-3-11-22-20)21(25)24-12-9-19-15(14-24)10-13-27-19/h3-8,10-11,13H,2,9,12,14H2,1H3,(H,22,23). The molecule has 1 aliphatic rings. The van der Waals surface area contributed by atoms with Crippen LogP contribution in [0.2, 0.25) is 0 Å². The molecule has 4 rings (SSSR count). The first-order valence-corrected chi connectivity index (χ1v) is 9.92. The Morgan fingerprint density at radius 1 is 1.26 bits per heavy atom. The van der Waals surface area contributed by atoms with Gasteiger partial charge in [0.2, 0.25) is 0 Å². The number of fused-ring (bicyclic) bond motifs is 1. The highest BCUT2D eigenvalue weighted by Gasteiger charge is 2.24. The Morgan fingerprint density at radius 3 is 2.93 bits per heavy atom. The summed E-state index contributed by atoms with van der Waals surface area (Å²) in [5.74, 6) is 1.40. The number of benzene rings is 1. The molecule has 0 fully saturated rings. The van der Waals surface area contributed by atoms with Crippen molar-refractivity contribution in [3.8, 4) is 5.75 Å². The van der Waals surface area contributed by atoms with Gasteiger partial charge in [-0.25, -0.2) is 4.98 Å². The van der Waals surface area contributed by atoms with Crippen LogP contribution in [0.1, 0.15) is 27.7 Å². The van der Waals surface area contributed by atoms with Crippen molar-refractivity contribution >= 4 is 28.7 Å². The third-order valence-electron chi connectivity index (χ3n) is 4.56. The normalized spacial score (nSPS) is 13.1. The molecule has 0 spiro atoms. The minimum atomic E-state index is 0.00777. The molecular formula is C21H21N3O2S. The molecular weight excluding hydrogens is 358 g/mol. The molecule has 0 radical (unpaired) electrons. The average molecular weight is 379 g/mol. The van der Waals surface area contributed by atoms with Crippen LogP contribution in [-0.4, -0.2) is 28.9 Å². The lowest BCUT2D eigenvalue weighted by atomic mass is 10.1. The molecule has 27 heavy (non-hydrogen) atoms. The van der Waals surface area contributed by atoms with Crippen molar-refractivity contribution in [2.75, 3.05) is 18.5 Å². The lowest BCUT2D eigenvalue weighted by molar-refractivity contribution is 0.0736. The fourth-order valence-corrected chi connectivity index (χ4v) is 4.10. The Kier molecular flexibility index (Phi) is 5.07. The van der Waals surface area contributed by atoms with Crippen LogP contribution in [0.5, 0.6) is 5.75 Å². The number of thiophene rings is 1. The van der Waals surface area contributed by atoms with Crippen LogP contribution in [0.15, 0.2) is 54.0 Å². The van der Waals surface area contributed by atoms with E-state index in [1.165, 1.54) is 10.4 Å². The van der Waals surface area contributed by atoms with Gasteiger partial charge in [-0.2, -0.15) is 0 Å². The van der Waals surface area contributed by atoms with Gasteiger partial charge < -0.3 is 15.0 Å². The van der Waals surface area contributed by atoms with Crippen LogP contribution >= 0.6 is 11.3 Å². The quantitative estimate of drug-likeness (QED) is 0.710. The minimum absolute atomic E-state index is 0.00777. The van der Waals surface area contributed by atoms with Gasteiger partial charge in [0.05, 0.1) is 12.2 Å². The van der Waals surface area contributed by atoms with E-state index < -0.39 is 0 Å². The zero-order valence-electron chi connectivity index (χ0n) is 15.1. The maximum Gasteiger partial charge on any atom is 0.257 e. The van der Waals surface area contributed by atoms with E-state index in [4.69, 9.17) is 4.74 Å². The zero-order chi connectivity index (χ0) is 18.6. The molecule has 3 aromatic rings. The SMILES string of the molecule is CCOc1ccc(Nc2ncccc2C(=O)N2CCc3sccc3C2)cc1. The van der Waals surface area contributed by atoms with E-state index in [0.29, 0.717) is 24.5 Å². The first-order chi connectivity index (χ1) is 13.2. The van der Waals surface area contributed by atoms with E-state index in [1.54, 1.807) is 23.6 Å². The van der Waals surface area contributed by atoms with Crippen molar-refractivity contribution < 1.29 is 9.53 Å². The summed E-state index contributed by atoms with van der Waals surface area (Å²) in [6, 6.07) is 13.4. The van der Waals surface area contributed by atoms with E-state index in [-0.39, 0.29) is 5.91 Å². The van der Waals surface area contributed by atoms with Gasteiger partial charge in [0.1, 0.15) is 11.6 Å². The number of aromatic nitrogens is 1. The molecule has 0 bridgehead atoms. The number of nitrogens with zero attached hydrogens (tertiary/aromatic N) is 2. The molecule has 6 heteroatoms. The largest absolute Gasteiger partial charge is 0.494 e. The molecule has 1 amide bonds. The molecule has 3 heterocycles. The first-order valence-electron chi connectivity index (χ1n) is 9.04. The molecule has 1 aliphatic heterocycles. The Bertz CT molecular complexity index is 937. The second kappa shape index (κ2) is 7.80. The van der Waals surface area contributed by atoms with Gasteiger partial charge in [-0.1, -0.05) is 0 Å². The van der Waals surface area contributed by atoms with E-state index in [9.17, 15) is 4.79 Å². The Hall–Kier alpha value is -2.86. The lowest BCUT2D eigenvalue weighted by Gasteiger charge is -2.27. The summed E-state index contributed by atoms with van der Waals surface area (Å²) in [5, 5.41) is 5.36. The summed E-state index contributed by atoms with van der Waals surface area (Å²) in [7, 11) is 0. The zero-order valence-corrected chi connectivity index (χ0v) is 16.0. The highest BCUT2D eigenvalue weighted by atomic mass is 32.1. The van der Waals surface area contributed by atoms with Gasteiger partial charge >= 0.3 is 0 Å². The molecule has 1 N–H and O–H groups in total. The molecule has 5 nitrogen and oxygen atoms in total. The van der Waals surface area contributed by atoms with Gasteiger partial charge in [-0.3, -0.25) is 4.79 Å². The van der Waals surface area contributed by atoms with Gasteiger partial charge in [-0.15, -0.1) is 11.3 Å². The Morgan fingerprint density at radius 2 is 2.11 bits per heavy atom. The second-order valence-corrected chi connectivity index (χ2v) is 7.33. The summed E-state index contributed by atoms with van der Waals surface area (Å²) in [5.41, 5.74) is 2.71. The number of carbonyl (C=O) groups is 1. The van der Waals surface area contributed by atoms with Crippen LogP contribution in [0.4, 0.5) is 11.5 Å². The average Bonchev–Trinajstić information content (AvgIpc) is 3.17. The molecule has 1 aromatic carbocycles. The monoisotopic (exact) mass is 379 g/mol. The lowest BCUT2D eigenvalue weighted by Crippen LogP contribution is -2.35. The smallest absolute Gasteiger partial charge is 0.257 e. The van der Waals surface area contributed by atoms with Crippen molar-refractivity contribution in [1.82, 2.24) is 9.88 Å². The number of rotatable bonds is 5. The molecule has 0 aliphatic carbocycles. The molecule has 0 saturated carbocycles. The number of anilines is 2. The fourth-order valence-electron chi connectivity index (χ4n) is 3.21. The molecule has 0 atom stereocenters. The molecule has 138 valence electrons. The number of nitrogens with one attached hydrogen (secondary N) is 1. The van der Waals surface area contributed by atoms with Gasteiger partial charge in [0.15, 0.2) is 0 Å². The number of amides is 1. The molecule has 0 saturated heterocycles. The number of carbonyl (C=O) groups excluding carboxylic acids is 1. The summed E-state index contributed by atoms with van der Waals surface area (Å²) >= 11 is 1.77. The van der Waals surface area contributed by atoms with Crippen molar-refractivity contribution in [3.63, 3.8) is 0 Å². The van der Waals surface area contributed by atoms with Crippen LogP contribution in [0, 0.1) is 0 Å². The van der Waals surface area contributed by atoms with Crippen molar-refractivity contribution in [2.24, 2.45) is 0 Å².